The van der Waals surface area contributed by atoms with E-state index < -0.39 is 0 Å². The highest BCUT2D eigenvalue weighted by Gasteiger charge is 2.19. The highest BCUT2D eigenvalue weighted by Crippen LogP contribution is 2.27. The van der Waals surface area contributed by atoms with Crippen LogP contribution in [0.25, 0.3) is 17.1 Å². The molecule has 1 aliphatic heterocycles. The van der Waals surface area contributed by atoms with Crippen LogP contribution in [0, 0.1) is 0 Å². The van der Waals surface area contributed by atoms with Crippen molar-refractivity contribution in [3.05, 3.63) is 59.9 Å². The molecule has 28 heavy (non-hydrogen) atoms. The molecule has 1 fully saturated rings. The summed E-state index contributed by atoms with van der Waals surface area (Å²) < 4.78 is 1.90. The number of hydrogen-bond acceptors (Lipinski definition) is 4. The van der Waals surface area contributed by atoms with Gasteiger partial charge in [-0.3, -0.25) is 4.90 Å². The van der Waals surface area contributed by atoms with Gasteiger partial charge in [0.25, 0.3) is 0 Å². The number of phenolic OH excluding ortho intramolecular Hbond substituents is 1. The van der Waals surface area contributed by atoms with Crippen molar-refractivity contribution in [2.75, 3.05) is 13.1 Å². The summed E-state index contributed by atoms with van der Waals surface area (Å²) in [4.78, 5) is 7.23. The smallest absolute Gasteiger partial charge is 0.165 e. The number of aromatic nitrogens is 3. The predicted octanol–water partition coefficient (Wildman–Crippen LogP) is 4.53. The molecule has 0 bridgehead atoms. The molecule has 1 saturated heterocycles. The van der Waals surface area contributed by atoms with Crippen molar-refractivity contribution in [1.29, 1.82) is 0 Å². The summed E-state index contributed by atoms with van der Waals surface area (Å²) >= 11 is 0. The molecule has 5 nitrogen and oxygen atoms in total. The van der Waals surface area contributed by atoms with Crippen LogP contribution in [0.2, 0.25) is 0 Å². The van der Waals surface area contributed by atoms with Crippen molar-refractivity contribution in [1.82, 2.24) is 19.7 Å². The molecule has 0 amide bonds. The average molecular weight is 377 g/mol. The van der Waals surface area contributed by atoms with Crippen LogP contribution in [0.3, 0.4) is 0 Å². The number of likely N-dealkylation sites (tertiary alicyclic amines) is 1. The van der Waals surface area contributed by atoms with Gasteiger partial charge in [-0.1, -0.05) is 45.0 Å². The molecule has 1 aromatic heterocycles. The fraction of sp³-hybridized carbons (Fsp3) is 0.391. The molecule has 1 aliphatic rings. The third kappa shape index (κ3) is 3.94. The van der Waals surface area contributed by atoms with Gasteiger partial charge in [-0.05, 0) is 61.2 Å². The number of nitrogens with zero attached hydrogens (tertiary/aromatic N) is 4. The molecule has 0 spiro atoms. The molecule has 1 N–H and O–H groups in total. The highest BCUT2D eigenvalue weighted by molar-refractivity contribution is 5.60. The first kappa shape index (κ1) is 18.7. The Morgan fingerprint density at radius 3 is 2.36 bits per heavy atom. The number of benzene rings is 2. The summed E-state index contributed by atoms with van der Waals surface area (Å²) in [7, 11) is 0. The molecular weight excluding hydrogens is 348 g/mol. The first-order valence-electron chi connectivity index (χ1n) is 9.99. The summed E-state index contributed by atoms with van der Waals surface area (Å²) in [6, 6.07) is 15.7. The summed E-state index contributed by atoms with van der Waals surface area (Å²) in [5.74, 6) is 1.81. The SMILES string of the molecule is CC(C)(C)c1ccc(-n2nc(CN3CCCC3)nc2-c2cccc(O)c2)cc1. The normalized spacial score (nSPS) is 15.2. The van der Waals surface area contributed by atoms with Gasteiger partial charge in [0.1, 0.15) is 5.75 Å². The van der Waals surface area contributed by atoms with Gasteiger partial charge >= 0.3 is 0 Å². The summed E-state index contributed by atoms with van der Waals surface area (Å²) in [5, 5.41) is 14.8. The zero-order valence-corrected chi connectivity index (χ0v) is 16.9. The average Bonchev–Trinajstić information content (AvgIpc) is 3.31. The van der Waals surface area contributed by atoms with E-state index in [0.717, 1.165) is 42.5 Å². The number of aromatic hydroxyl groups is 1. The monoisotopic (exact) mass is 376 g/mol. The van der Waals surface area contributed by atoms with E-state index in [2.05, 4.69) is 49.9 Å². The zero-order valence-electron chi connectivity index (χ0n) is 16.9. The first-order valence-corrected chi connectivity index (χ1v) is 9.99. The van der Waals surface area contributed by atoms with E-state index in [1.807, 2.05) is 16.8 Å². The topological polar surface area (TPSA) is 54.2 Å². The lowest BCUT2D eigenvalue weighted by Gasteiger charge is -2.19. The molecule has 0 aliphatic carbocycles. The minimum atomic E-state index is 0.107. The maximum absolute atomic E-state index is 9.93. The molecule has 0 radical (unpaired) electrons. The van der Waals surface area contributed by atoms with E-state index in [-0.39, 0.29) is 11.2 Å². The van der Waals surface area contributed by atoms with Crippen LogP contribution in [0.4, 0.5) is 0 Å². The Balaban J connectivity index is 1.74. The van der Waals surface area contributed by atoms with Crippen LogP contribution in [-0.4, -0.2) is 37.9 Å². The van der Waals surface area contributed by atoms with E-state index in [9.17, 15) is 5.11 Å². The highest BCUT2D eigenvalue weighted by atomic mass is 16.3. The zero-order chi connectivity index (χ0) is 19.7. The molecule has 0 atom stereocenters. The van der Waals surface area contributed by atoms with Crippen molar-refractivity contribution < 1.29 is 5.11 Å². The molecule has 4 rings (SSSR count). The van der Waals surface area contributed by atoms with Gasteiger partial charge in [-0.2, -0.15) is 0 Å². The Morgan fingerprint density at radius 2 is 1.71 bits per heavy atom. The van der Waals surface area contributed by atoms with Crippen molar-refractivity contribution in [3.8, 4) is 22.8 Å². The lowest BCUT2D eigenvalue weighted by molar-refractivity contribution is 0.322. The molecule has 2 aromatic carbocycles. The Kier molecular flexibility index (Phi) is 4.94. The standard InChI is InChI=1S/C23H28N4O/c1-23(2,3)18-9-11-19(12-10-18)27-22(17-7-6-8-20(28)15-17)24-21(25-27)16-26-13-4-5-14-26/h6-12,15,28H,4-5,13-14,16H2,1-3H3. The largest absolute Gasteiger partial charge is 0.508 e. The quantitative estimate of drug-likeness (QED) is 0.727. The van der Waals surface area contributed by atoms with Crippen LogP contribution in [0.5, 0.6) is 5.75 Å². The maximum atomic E-state index is 9.93. The van der Waals surface area contributed by atoms with Crippen LogP contribution in [0.15, 0.2) is 48.5 Å². The molecule has 0 saturated carbocycles. The van der Waals surface area contributed by atoms with Crippen molar-refractivity contribution in [2.45, 2.75) is 45.6 Å². The lowest BCUT2D eigenvalue weighted by atomic mass is 9.87. The van der Waals surface area contributed by atoms with Crippen LogP contribution in [0.1, 0.15) is 45.0 Å². The van der Waals surface area contributed by atoms with E-state index in [4.69, 9.17) is 10.1 Å². The Hall–Kier alpha value is -2.66. The van der Waals surface area contributed by atoms with Crippen molar-refractivity contribution >= 4 is 0 Å². The van der Waals surface area contributed by atoms with Gasteiger partial charge in [0, 0.05) is 5.56 Å². The second-order valence-electron chi connectivity index (χ2n) is 8.59. The molecule has 3 aromatic rings. The van der Waals surface area contributed by atoms with Gasteiger partial charge in [-0.25, -0.2) is 9.67 Å². The second kappa shape index (κ2) is 7.40. The Morgan fingerprint density at radius 1 is 1.00 bits per heavy atom. The fourth-order valence-electron chi connectivity index (χ4n) is 3.68. The lowest BCUT2D eigenvalue weighted by Crippen LogP contribution is -2.19. The number of phenols is 1. The Bertz CT molecular complexity index is 947. The van der Waals surface area contributed by atoms with Gasteiger partial charge in [0.05, 0.1) is 12.2 Å². The van der Waals surface area contributed by atoms with E-state index in [1.54, 1.807) is 12.1 Å². The third-order valence-electron chi connectivity index (χ3n) is 5.30. The van der Waals surface area contributed by atoms with E-state index >= 15 is 0 Å². The maximum Gasteiger partial charge on any atom is 0.165 e. The minimum Gasteiger partial charge on any atom is -0.508 e. The third-order valence-corrected chi connectivity index (χ3v) is 5.30. The molecule has 0 unspecified atom stereocenters. The molecule has 5 heteroatoms. The van der Waals surface area contributed by atoms with Crippen molar-refractivity contribution in [3.63, 3.8) is 0 Å². The summed E-state index contributed by atoms with van der Waals surface area (Å²) in [5.41, 5.74) is 3.23. The minimum absolute atomic E-state index is 0.107. The van der Waals surface area contributed by atoms with Crippen LogP contribution >= 0.6 is 0 Å². The van der Waals surface area contributed by atoms with Gasteiger partial charge in [-0.15, -0.1) is 5.10 Å². The first-order chi connectivity index (χ1) is 13.4. The van der Waals surface area contributed by atoms with Gasteiger partial charge < -0.3 is 5.11 Å². The number of rotatable bonds is 4. The number of hydrogen-bond donors (Lipinski definition) is 1. The van der Waals surface area contributed by atoms with Crippen molar-refractivity contribution in [2.24, 2.45) is 0 Å². The second-order valence-corrected chi connectivity index (χ2v) is 8.59. The summed E-state index contributed by atoms with van der Waals surface area (Å²) in [6.45, 7) is 9.61. The van der Waals surface area contributed by atoms with E-state index in [1.165, 1.54) is 18.4 Å². The predicted molar refractivity (Wildman–Crippen MR) is 112 cm³/mol. The molecular formula is C23H28N4O. The molecule has 146 valence electrons. The summed E-state index contributed by atoms with van der Waals surface area (Å²) in [6.07, 6.45) is 2.49. The van der Waals surface area contributed by atoms with Gasteiger partial charge in [0.2, 0.25) is 0 Å². The molecule has 2 heterocycles. The van der Waals surface area contributed by atoms with Gasteiger partial charge in [0.15, 0.2) is 11.6 Å². The Labute approximate surface area is 166 Å². The van der Waals surface area contributed by atoms with Crippen LogP contribution < -0.4 is 0 Å². The van der Waals surface area contributed by atoms with E-state index in [0.29, 0.717) is 0 Å². The van der Waals surface area contributed by atoms with Crippen LogP contribution in [-0.2, 0) is 12.0 Å². The fourth-order valence-corrected chi connectivity index (χ4v) is 3.68.